The molecule has 1 aliphatic rings. The van der Waals surface area contributed by atoms with Crippen LogP contribution in [-0.2, 0) is 16.4 Å². The van der Waals surface area contributed by atoms with E-state index in [1.165, 1.54) is 0 Å². The van der Waals surface area contributed by atoms with E-state index in [4.69, 9.17) is 0 Å². The van der Waals surface area contributed by atoms with Gasteiger partial charge in [0.05, 0.1) is 27.4 Å². The fraction of sp³-hybridized carbons (Fsp3) is 0.278. The van der Waals surface area contributed by atoms with Crippen molar-refractivity contribution in [1.29, 1.82) is 0 Å². The van der Waals surface area contributed by atoms with E-state index >= 15 is 0 Å². The second-order valence-corrected chi connectivity index (χ2v) is 8.63. The number of nitro benzene ring substituents is 1. The summed E-state index contributed by atoms with van der Waals surface area (Å²) >= 11 is 0. The Balaban J connectivity index is 1.66. The van der Waals surface area contributed by atoms with Crippen molar-refractivity contribution in [3.8, 4) is 0 Å². The van der Waals surface area contributed by atoms with Crippen LogP contribution in [0.1, 0.15) is 24.7 Å². The topological polar surface area (TPSA) is 107 Å². The minimum Gasteiger partial charge on any atom is -0.372 e. The van der Waals surface area contributed by atoms with Crippen molar-refractivity contribution in [2.24, 2.45) is 0 Å². The number of imidazole rings is 1. The molecule has 0 atom stereocenters. The van der Waals surface area contributed by atoms with Crippen LogP contribution in [0, 0.1) is 10.1 Å². The van der Waals surface area contributed by atoms with Gasteiger partial charge in [-0.15, -0.1) is 0 Å². The predicted octanol–water partition coefficient (Wildman–Crippen LogP) is 3.89. The normalized spacial score (nSPS) is 14.4. The number of rotatable bonds is 7. The summed E-state index contributed by atoms with van der Waals surface area (Å²) in [5.41, 5.74) is 1.21. The third kappa shape index (κ3) is 3.53. The van der Waals surface area contributed by atoms with Crippen LogP contribution in [0.3, 0.4) is 0 Å². The summed E-state index contributed by atoms with van der Waals surface area (Å²) in [6, 6.07) is 10.6. The number of halogens is 2. The summed E-state index contributed by atoms with van der Waals surface area (Å²) in [4.78, 5) is 14.3. The molecule has 0 unspecified atom stereocenters. The van der Waals surface area contributed by atoms with E-state index in [0.29, 0.717) is 17.9 Å². The first-order chi connectivity index (χ1) is 13.8. The van der Waals surface area contributed by atoms with E-state index < -0.39 is 31.1 Å². The lowest BCUT2D eigenvalue weighted by atomic mass is 10.2. The van der Waals surface area contributed by atoms with Crippen LogP contribution in [0.5, 0.6) is 0 Å². The number of hydrogen-bond donors (Lipinski definition) is 1. The van der Waals surface area contributed by atoms with E-state index in [2.05, 4.69) is 14.9 Å². The highest BCUT2D eigenvalue weighted by Crippen LogP contribution is 2.39. The SMILES string of the molecule is O=[N+]([O-])c1cc(S(=O)(=O)C(F)F)ccc1NCc1nc2ccccc2n1C1CC1. The first kappa shape index (κ1) is 19.2. The van der Waals surface area contributed by atoms with Gasteiger partial charge in [0.25, 0.3) is 5.69 Å². The molecule has 0 bridgehead atoms. The highest BCUT2D eigenvalue weighted by atomic mass is 32.2. The lowest BCUT2D eigenvalue weighted by molar-refractivity contribution is -0.384. The van der Waals surface area contributed by atoms with Crippen molar-refractivity contribution < 1.29 is 22.1 Å². The van der Waals surface area contributed by atoms with Crippen molar-refractivity contribution in [3.05, 3.63) is 58.4 Å². The molecular formula is C18H16F2N4O4S. The first-order valence-electron chi connectivity index (χ1n) is 8.79. The standard InChI is InChI=1S/C18H16F2N4O4S/c19-18(20)29(27,28)12-7-8-13(16(9-12)24(25)26)21-10-17-22-14-3-1-2-4-15(14)23(17)11-5-6-11/h1-4,7-9,11,18,21H,5-6,10H2. The largest absolute Gasteiger partial charge is 0.372 e. The van der Waals surface area contributed by atoms with Crippen molar-refractivity contribution in [2.75, 3.05) is 5.32 Å². The van der Waals surface area contributed by atoms with E-state index in [0.717, 1.165) is 36.0 Å². The number of para-hydroxylation sites is 2. The Morgan fingerprint density at radius 1 is 1.24 bits per heavy atom. The molecular weight excluding hydrogens is 406 g/mol. The third-order valence-electron chi connectivity index (χ3n) is 4.75. The maximum atomic E-state index is 12.7. The number of alkyl halides is 2. The molecule has 152 valence electrons. The molecule has 0 radical (unpaired) electrons. The number of sulfone groups is 1. The lowest BCUT2D eigenvalue weighted by Gasteiger charge is -2.11. The first-order valence-corrected chi connectivity index (χ1v) is 10.3. The van der Waals surface area contributed by atoms with E-state index in [9.17, 15) is 27.3 Å². The molecule has 3 aromatic rings. The van der Waals surface area contributed by atoms with Gasteiger partial charge in [-0.2, -0.15) is 8.78 Å². The Morgan fingerprint density at radius 2 is 1.97 bits per heavy atom. The molecule has 1 aliphatic carbocycles. The zero-order valence-corrected chi connectivity index (χ0v) is 15.8. The molecule has 1 aromatic heterocycles. The van der Waals surface area contributed by atoms with Gasteiger partial charge in [0.15, 0.2) is 0 Å². The van der Waals surface area contributed by atoms with Crippen molar-refractivity contribution in [2.45, 2.75) is 36.1 Å². The van der Waals surface area contributed by atoms with Crippen molar-refractivity contribution in [1.82, 2.24) is 9.55 Å². The van der Waals surface area contributed by atoms with Gasteiger partial charge in [-0.3, -0.25) is 10.1 Å². The van der Waals surface area contributed by atoms with E-state index in [1.807, 2.05) is 24.3 Å². The number of anilines is 1. The van der Waals surface area contributed by atoms with Crippen molar-refractivity contribution in [3.63, 3.8) is 0 Å². The summed E-state index contributed by atoms with van der Waals surface area (Å²) in [6.45, 7) is 0.160. The average Bonchev–Trinajstić information content (AvgIpc) is 3.46. The van der Waals surface area contributed by atoms with Crippen LogP contribution in [0.4, 0.5) is 20.2 Å². The lowest BCUT2D eigenvalue weighted by Crippen LogP contribution is -2.13. The van der Waals surface area contributed by atoms with Crippen LogP contribution in [0.25, 0.3) is 11.0 Å². The Bertz CT molecular complexity index is 1210. The smallest absolute Gasteiger partial charge is 0.341 e. The summed E-state index contributed by atoms with van der Waals surface area (Å²) in [7, 11) is -4.93. The van der Waals surface area contributed by atoms with E-state index in [1.54, 1.807) is 0 Å². The minimum absolute atomic E-state index is 0.0256. The molecule has 8 nitrogen and oxygen atoms in total. The van der Waals surface area contributed by atoms with Crippen LogP contribution in [0.2, 0.25) is 0 Å². The number of fused-ring (bicyclic) bond motifs is 1. The molecule has 1 fully saturated rings. The maximum absolute atomic E-state index is 12.7. The molecule has 0 spiro atoms. The van der Waals surface area contributed by atoms with Crippen LogP contribution < -0.4 is 5.32 Å². The van der Waals surface area contributed by atoms with Crippen LogP contribution in [-0.4, -0.2) is 28.6 Å². The number of hydrogen-bond acceptors (Lipinski definition) is 6. The summed E-state index contributed by atoms with van der Waals surface area (Å²) in [5.74, 6) is -2.97. The predicted molar refractivity (Wildman–Crippen MR) is 102 cm³/mol. The molecule has 11 heteroatoms. The summed E-state index contributed by atoms with van der Waals surface area (Å²) < 4.78 is 50.8. The van der Waals surface area contributed by atoms with Gasteiger partial charge in [0, 0.05) is 12.1 Å². The summed E-state index contributed by atoms with van der Waals surface area (Å²) in [6.07, 6.45) is 2.04. The number of nitrogens with zero attached hydrogens (tertiary/aromatic N) is 3. The van der Waals surface area contributed by atoms with Gasteiger partial charge in [-0.05, 0) is 37.1 Å². The van der Waals surface area contributed by atoms with E-state index in [-0.39, 0.29) is 12.2 Å². The molecule has 0 amide bonds. The molecule has 4 rings (SSSR count). The Morgan fingerprint density at radius 3 is 2.62 bits per heavy atom. The maximum Gasteiger partial charge on any atom is 0.341 e. The molecule has 1 saturated carbocycles. The number of nitro groups is 1. The zero-order chi connectivity index (χ0) is 20.8. The van der Waals surface area contributed by atoms with Gasteiger partial charge in [-0.1, -0.05) is 12.1 Å². The third-order valence-corrected chi connectivity index (χ3v) is 6.13. The second kappa shape index (κ2) is 7.07. The quantitative estimate of drug-likeness (QED) is 0.457. The number of nitrogens with one attached hydrogen (secondary N) is 1. The second-order valence-electron chi connectivity index (χ2n) is 6.71. The molecule has 1 heterocycles. The Labute approximate surface area is 164 Å². The fourth-order valence-corrected chi connectivity index (χ4v) is 3.96. The molecule has 2 aromatic carbocycles. The highest BCUT2D eigenvalue weighted by Gasteiger charge is 2.30. The Hall–Kier alpha value is -3.08. The van der Waals surface area contributed by atoms with Gasteiger partial charge in [0.1, 0.15) is 11.5 Å². The van der Waals surface area contributed by atoms with Gasteiger partial charge in [-0.25, -0.2) is 13.4 Å². The van der Waals surface area contributed by atoms with Gasteiger partial charge >= 0.3 is 5.76 Å². The Kier molecular flexibility index (Phi) is 4.69. The fourth-order valence-electron chi connectivity index (χ4n) is 3.23. The zero-order valence-electron chi connectivity index (χ0n) is 15.0. The monoisotopic (exact) mass is 422 g/mol. The highest BCUT2D eigenvalue weighted by molar-refractivity contribution is 7.91. The van der Waals surface area contributed by atoms with Gasteiger partial charge in [0.2, 0.25) is 9.84 Å². The molecule has 0 saturated heterocycles. The molecule has 1 N–H and O–H groups in total. The molecule has 29 heavy (non-hydrogen) atoms. The van der Waals surface area contributed by atoms with Crippen LogP contribution >= 0.6 is 0 Å². The van der Waals surface area contributed by atoms with Crippen LogP contribution in [0.15, 0.2) is 47.4 Å². The van der Waals surface area contributed by atoms with Crippen molar-refractivity contribution >= 4 is 32.2 Å². The van der Waals surface area contributed by atoms with Gasteiger partial charge < -0.3 is 9.88 Å². The number of aromatic nitrogens is 2. The molecule has 0 aliphatic heterocycles. The minimum atomic E-state index is -4.93. The average molecular weight is 422 g/mol. The summed E-state index contributed by atoms with van der Waals surface area (Å²) in [5, 5.41) is 14.3. The number of benzene rings is 2.